The van der Waals surface area contributed by atoms with Crippen LogP contribution in [-0.2, 0) is 0 Å². The lowest BCUT2D eigenvalue weighted by Crippen LogP contribution is -2.11. The topological polar surface area (TPSA) is 103 Å². The molecule has 31 heavy (non-hydrogen) atoms. The van der Waals surface area contributed by atoms with Crippen molar-refractivity contribution >= 4 is 34.3 Å². The molecule has 0 radical (unpaired) electrons. The van der Waals surface area contributed by atoms with E-state index in [-0.39, 0.29) is 5.91 Å². The molecule has 2 aromatic heterocycles. The second-order valence-electron chi connectivity index (χ2n) is 6.64. The van der Waals surface area contributed by atoms with Crippen LogP contribution in [0, 0.1) is 11.3 Å². The van der Waals surface area contributed by atoms with Crippen molar-refractivity contribution in [1.82, 2.24) is 9.97 Å². The fourth-order valence-corrected chi connectivity index (χ4v) is 2.92. The summed E-state index contributed by atoms with van der Waals surface area (Å²) in [5, 5.41) is 18.3. The molecular weight excluding hydrogens is 388 g/mol. The number of rotatable bonds is 6. The van der Waals surface area contributed by atoms with Crippen LogP contribution in [-0.4, -0.2) is 15.9 Å². The van der Waals surface area contributed by atoms with Crippen LogP contribution in [0.25, 0.3) is 0 Å². The Morgan fingerprint density at radius 1 is 0.742 bits per heavy atom. The van der Waals surface area contributed by atoms with Crippen molar-refractivity contribution in [2.45, 2.75) is 0 Å². The van der Waals surface area contributed by atoms with Crippen molar-refractivity contribution in [2.24, 2.45) is 0 Å². The number of carbonyl (C=O) groups is 1. The predicted octanol–water partition coefficient (Wildman–Crippen LogP) is 5.09. The van der Waals surface area contributed by atoms with Crippen LogP contribution in [0.3, 0.4) is 0 Å². The largest absolute Gasteiger partial charge is 0.355 e. The molecule has 7 heteroatoms. The van der Waals surface area contributed by atoms with E-state index < -0.39 is 0 Å². The molecular formula is C24H18N6O. The SMILES string of the molecule is N#Cc1cc(Nc2cccc(NC(=O)c3ccc(Nc4ccncc4)cc3)c2)ccn1. The van der Waals surface area contributed by atoms with Crippen molar-refractivity contribution in [2.75, 3.05) is 16.0 Å². The molecule has 0 unspecified atom stereocenters. The van der Waals surface area contributed by atoms with E-state index in [0.717, 1.165) is 22.7 Å². The van der Waals surface area contributed by atoms with Crippen molar-refractivity contribution in [3.63, 3.8) is 0 Å². The normalized spacial score (nSPS) is 10.0. The Bertz CT molecular complexity index is 1230. The standard InChI is InChI=1S/C24H18N6O/c25-16-23-15-22(10-13-27-23)29-20-2-1-3-21(14-20)30-24(31)17-4-6-18(7-5-17)28-19-8-11-26-12-9-19/h1-15H,(H,26,28)(H,27,29)(H,30,31). The molecule has 0 spiro atoms. The minimum Gasteiger partial charge on any atom is -0.355 e. The molecule has 3 N–H and O–H groups in total. The first-order valence-corrected chi connectivity index (χ1v) is 9.51. The highest BCUT2D eigenvalue weighted by Gasteiger charge is 2.07. The van der Waals surface area contributed by atoms with E-state index >= 15 is 0 Å². The van der Waals surface area contributed by atoms with Gasteiger partial charge in [-0.1, -0.05) is 6.07 Å². The summed E-state index contributed by atoms with van der Waals surface area (Å²) in [6, 6.07) is 23.8. The minimum absolute atomic E-state index is 0.205. The summed E-state index contributed by atoms with van der Waals surface area (Å²) >= 11 is 0. The average Bonchev–Trinajstić information content (AvgIpc) is 2.80. The van der Waals surface area contributed by atoms with Crippen LogP contribution in [0.1, 0.15) is 16.1 Å². The molecule has 0 aliphatic carbocycles. The van der Waals surface area contributed by atoms with Gasteiger partial charge in [0, 0.05) is 52.6 Å². The van der Waals surface area contributed by atoms with Crippen molar-refractivity contribution < 1.29 is 4.79 Å². The molecule has 0 saturated heterocycles. The van der Waals surface area contributed by atoms with Gasteiger partial charge >= 0.3 is 0 Å². The number of hydrogen-bond donors (Lipinski definition) is 3. The van der Waals surface area contributed by atoms with Gasteiger partial charge in [-0.3, -0.25) is 9.78 Å². The van der Waals surface area contributed by atoms with Gasteiger partial charge in [0.2, 0.25) is 0 Å². The number of hydrogen-bond acceptors (Lipinski definition) is 6. The Hall–Kier alpha value is -4.70. The molecule has 4 aromatic rings. The second-order valence-corrected chi connectivity index (χ2v) is 6.64. The van der Waals surface area contributed by atoms with Gasteiger partial charge in [0.1, 0.15) is 11.8 Å². The highest BCUT2D eigenvalue weighted by Crippen LogP contribution is 2.21. The van der Waals surface area contributed by atoms with E-state index in [1.54, 1.807) is 42.9 Å². The molecule has 7 nitrogen and oxygen atoms in total. The van der Waals surface area contributed by atoms with Crippen LogP contribution in [0.15, 0.2) is 91.4 Å². The van der Waals surface area contributed by atoms with E-state index in [4.69, 9.17) is 5.26 Å². The molecule has 0 aliphatic rings. The van der Waals surface area contributed by atoms with Crippen molar-refractivity contribution in [1.29, 1.82) is 5.26 Å². The quantitative estimate of drug-likeness (QED) is 0.412. The lowest BCUT2D eigenvalue weighted by atomic mass is 10.1. The van der Waals surface area contributed by atoms with Gasteiger partial charge in [-0.25, -0.2) is 4.98 Å². The van der Waals surface area contributed by atoms with Gasteiger partial charge < -0.3 is 16.0 Å². The molecule has 0 saturated carbocycles. The zero-order valence-electron chi connectivity index (χ0n) is 16.4. The number of aromatic nitrogens is 2. The molecule has 0 aliphatic heterocycles. The molecule has 150 valence electrons. The Labute approximate surface area is 179 Å². The van der Waals surface area contributed by atoms with Gasteiger partial charge in [0.15, 0.2) is 0 Å². The van der Waals surface area contributed by atoms with E-state index in [9.17, 15) is 4.79 Å². The van der Waals surface area contributed by atoms with Crippen molar-refractivity contribution in [3.05, 3.63) is 103 Å². The first-order chi connectivity index (χ1) is 15.2. The average molecular weight is 406 g/mol. The maximum atomic E-state index is 12.6. The number of anilines is 5. The Morgan fingerprint density at radius 3 is 2.16 bits per heavy atom. The van der Waals surface area contributed by atoms with Crippen LogP contribution >= 0.6 is 0 Å². The minimum atomic E-state index is -0.205. The number of nitrogens with zero attached hydrogens (tertiary/aromatic N) is 3. The van der Waals surface area contributed by atoms with Gasteiger partial charge in [-0.05, 0) is 66.7 Å². The third-order valence-corrected chi connectivity index (χ3v) is 4.40. The molecule has 0 atom stereocenters. The van der Waals surface area contributed by atoms with E-state index in [0.29, 0.717) is 16.9 Å². The smallest absolute Gasteiger partial charge is 0.255 e. The zero-order valence-corrected chi connectivity index (χ0v) is 16.4. The van der Waals surface area contributed by atoms with Crippen LogP contribution < -0.4 is 16.0 Å². The maximum Gasteiger partial charge on any atom is 0.255 e. The number of benzene rings is 2. The van der Waals surface area contributed by atoms with E-state index in [1.807, 2.05) is 54.6 Å². The van der Waals surface area contributed by atoms with Gasteiger partial charge in [-0.15, -0.1) is 0 Å². The maximum absolute atomic E-state index is 12.6. The van der Waals surface area contributed by atoms with Crippen LogP contribution in [0.5, 0.6) is 0 Å². The summed E-state index contributed by atoms with van der Waals surface area (Å²) in [7, 11) is 0. The first kappa shape index (κ1) is 19.6. The number of nitrogens with one attached hydrogen (secondary N) is 3. The highest BCUT2D eigenvalue weighted by molar-refractivity contribution is 6.04. The molecule has 1 amide bonds. The van der Waals surface area contributed by atoms with Gasteiger partial charge in [-0.2, -0.15) is 5.26 Å². The Morgan fingerprint density at radius 2 is 1.39 bits per heavy atom. The van der Waals surface area contributed by atoms with E-state index in [1.165, 1.54) is 0 Å². The van der Waals surface area contributed by atoms with Gasteiger partial charge in [0.25, 0.3) is 5.91 Å². The van der Waals surface area contributed by atoms with Gasteiger partial charge in [0.05, 0.1) is 0 Å². The number of nitriles is 1. The third-order valence-electron chi connectivity index (χ3n) is 4.40. The van der Waals surface area contributed by atoms with Crippen molar-refractivity contribution in [3.8, 4) is 6.07 Å². The fraction of sp³-hybridized carbons (Fsp3) is 0. The lowest BCUT2D eigenvalue weighted by molar-refractivity contribution is 0.102. The molecule has 0 bridgehead atoms. The molecule has 4 rings (SSSR count). The summed E-state index contributed by atoms with van der Waals surface area (Å²) in [4.78, 5) is 20.6. The molecule has 2 heterocycles. The number of pyridine rings is 2. The zero-order chi connectivity index (χ0) is 21.5. The van der Waals surface area contributed by atoms with Crippen LogP contribution in [0.4, 0.5) is 28.4 Å². The monoisotopic (exact) mass is 406 g/mol. The summed E-state index contributed by atoms with van der Waals surface area (Å²) in [6.07, 6.45) is 4.99. The fourth-order valence-electron chi connectivity index (χ4n) is 2.92. The summed E-state index contributed by atoms with van der Waals surface area (Å²) in [6.45, 7) is 0. The summed E-state index contributed by atoms with van der Waals surface area (Å²) in [5.41, 5.74) is 4.86. The van der Waals surface area contributed by atoms with Crippen LogP contribution in [0.2, 0.25) is 0 Å². The first-order valence-electron chi connectivity index (χ1n) is 9.51. The number of amides is 1. The Kier molecular flexibility index (Phi) is 5.82. The number of carbonyl (C=O) groups excluding carboxylic acids is 1. The predicted molar refractivity (Wildman–Crippen MR) is 121 cm³/mol. The summed E-state index contributed by atoms with van der Waals surface area (Å²) in [5.74, 6) is -0.205. The second kappa shape index (κ2) is 9.20. The molecule has 0 fully saturated rings. The summed E-state index contributed by atoms with van der Waals surface area (Å²) < 4.78 is 0. The highest BCUT2D eigenvalue weighted by atomic mass is 16.1. The third kappa shape index (κ3) is 5.22. The lowest BCUT2D eigenvalue weighted by Gasteiger charge is -2.10. The molecule has 2 aromatic carbocycles. The van der Waals surface area contributed by atoms with E-state index in [2.05, 4.69) is 25.9 Å². The Balaban J connectivity index is 1.41.